The number of hydrogen-bond donors (Lipinski definition) is 1. The number of aromatic nitrogens is 1. The molecule has 4 rings (SSSR count). The van der Waals surface area contributed by atoms with E-state index in [1.54, 1.807) is 7.11 Å². The summed E-state index contributed by atoms with van der Waals surface area (Å²) in [6.45, 7) is 2.68. The van der Waals surface area contributed by atoms with Gasteiger partial charge in [0.15, 0.2) is 5.76 Å². The Bertz CT molecular complexity index is 890. The van der Waals surface area contributed by atoms with Crippen molar-refractivity contribution < 1.29 is 19.1 Å². The standard InChI is InChI=1S/C26H32N2O4/c1-30-19-24-15-22(27-32-24)14-23-12-13-25(29)26(31-23)18-28(16-20-8-4-2-5-9-20)17-21-10-6-3-7-11-21/h2-11,15,23,25-26,29H,12-14,16-19H2,1H3. The summed E-state index contributed by atoms with van der Waals surface area (Å²) in [4.78, 5) is 2.35. The van der Waals surface area contributed by atoms with Crippen molar-refractivity contribution in [2.75, 3.05) is 13.7 Å². The van der Waals surface area contributed by atoms with Gasteiger partial charge in [-0.05, 0) is 24.0 Å². The lowest BCUT2D eigenvalue weighted by molar-refractivity contribution is -0.127. The number of rotatable bonds is 10. The number of hydrogen-bond acceptors (Lipinski definition) is 6. The highest BCUT2D eigenvalue weighted by Crippen LogP contribution is 2.24. The molecule has 6 heteroatoms. The lowest BCUT2D eigenvalue weighted by atomic mass is 9.97. The summed E-state index contributed by atoms with van der Waals surface area (Å²) < 4.78 is 16.8. The van der Waals surface area contributed by atoms with Gasteiger partial charge in [-0.3, -0.25) is 4.90 Å². The van der Waals surface area contributed by atoms with Crippen LogP contribution in [0.15, 0.2) is 71.3 Å². The second-order valence-corrected chi connectivity index (χ2v) is 8.50. The molecule has 1 aromatic heterocycles. The Morgan fingerprint density at radius 3 is 2.28 bits per heavy atom. The first kappa shape index (κ1) is 22.7. The first-order chi connectivity index (χ1) is 15.7. The molecule has 3 aromatic rings. The van der Waals surface area contributed by atoms with Crippen LogP contribution in [0.4, 0.5) is 0 Å². The molecule has 1 aliphatic heterocycles. The highest BCUT2D eigenvalue weighted by Gasteiger charge is 2.32. The van der Waals surface area contributed by atoms with Gasteiger partial charge in [-0.25, -0.2) is 0 Å². The summed E-state index contributed by atoms with van der Waals surface area (Å²) in [5, 5.41) is 14.8. The van der Waals surface area contributed by atoms with Crippen LogP contribution in [0.5, 0.6) is 0 Å². The minimum Gasteiger partial charge on any atom is -0.390 e. The van der Waals surface area contributed by atoms with Crippen molar-refractivity contribution in [1.29, 1.82) is 0 Å². The third-order valence-electron chi connectivity index (χ3n) is 5.85. The van der Waals surface area contributed by atoms with Crippen molar-refractivity contribution in [2.45, 2.75) is 57.3 Å². The average molecular weight is 437 g/mol. The second-order valence-electron chi connectivity index (χ2n) is 8.50. The van der Waals surface area contributed by atoms with E-state index >= 15 is 0 Å². The normalized spacial score (nSPS) is 21.2. The van der Waals surface area contributed by atoms with Crippen molar-refractivity contribution in [1.82, 2.24) is 10.1 Å². The summed E-state index contributed by atoms with van der Waals surface area (Å²) >= 11 is 0. The fraction of sp³-hybridized carbons (Fsp3) is 0.423. The number of aliphatic hydroxyl groups is 1. The monoisotopic (exact) mass is 436 g/mol. The van der Waals surface area contributed by atoms with Crippen LogP contribution >= 0.6 is 0 Å². The zero-order chi connectivity index (χ0) is 22.2. The predicted molar refractivity (Wildman–Crippen MR) is 122 cm³/mol. The highest BCUT2D eigenvalue weighted by atomic mass is 16.5. The van der Waals surface area contributed by atoms with Crippen molar-refractivity contribution in [3.05, 3.63) is 89.3 Å². The Morgan fingerprint density at radius 1 is 1.00 bits per heavy atom. The van der Waals surface area contributed by atoms with Crippen LogP contribution in [0.2, 0.25) is 0 Å². The van der Waals surface area contributed by atoms with Crippen LogP contribution < -0.4 is 0 Å². The fourth-order valence-electron chi connectivity index (χ4n) is 4.28. The molecule has 1 fully saturated rings. The smallest absolute Gasteiger partial charge is 0.162 e. The van der Waals surface area contributed by atoms with Gasteiger partial charge in [0, 0.05) is 39.2 Å². The molecule has 32 heavy (non-hydrogen) atoms. The molecule has 170 valence electrons. The maximum atomic E-state index is 10.7. The zero-order valence-electron chi connectivity index (χ0n) is 18.6. The molecular formula is C26H32N2O4. The highest BCUT2D eigenvalue weighted by molar-refractivity contribution is 5.17. The minimum atomic E-state index is -0.471. The van der Waals surface area contributed by atoms with Gasteiger partial charge < -0.3 is 19.1 Å². The molecule has 1 saturated heterocycles. The summed E-state index contributed by atoms with van der Waals surface area (Å²) in [6, 6.07) is 22.8. The maximum absolute atomic E-state index is 10.7. The topological polar surface area (TPSA) is 68.0 Å². The molecule has 1 aliphatic rings. The van der Waals surface area contributed by atoms with Crippen molar-refractivity contribution >= 4 is 0 Å². The van der Waals surface area contributed by atoms with Gasteiger partial charge in [-0.15, -0.1) is 0 Å². The molecule has 6 nitrogen and oxygen atoms in total. The maximum Gasteiger partial charge on any atom is 0.162 e. The molecule has 0 spiro atoms. The number of nitrogens with zero attached hydrogens (tertiary/aromatic N) is 2. The van der Waals surface area contributed by atoms with E-state index in [4.69, 9.17) is 14.0 Å². The molecule has 0 saturated carbocycles. The van der Waals surface area contributed by atoms with Crippen LogP contribution in [0.3, 0.4) is 0 Å². The molecule has 0 radical (unpaired) electrons. The minimum absolute atomic E-state index is 0.0131. The van der Waals surface area contributed by atoms with Crippen LogP contribution in [0.25, 0.3) is 0 Å². The van der Waals surface area contributed by atoms with Gasteiger partial charge in [0.25, 0.3) is 0 Å². The summed E-state index contributed by atoms with van der Waals surface area (Å²) in [7, 11) is 1.63. The largest absolute Gasteiger partial charge is 0.390 e. The van der Waals surface area contributed by atoms with E-state index in [1.165, 1.54) is 11.1 Å². The van der Waals surface area contributed by atoms with Gasteiger partial charge in [0.05, 0.1) is 24.0 Å². The molecule has 0 aliphatic carbocycles. The number of benzene rings is 2. The van der Waals surface area contributed by atoms with E-state index in [9.17, 15) is 5.11 Å². The van der Waals surface area contributed by atoms with Crippen LogP contribution in [0, 0.1) is 0 Å². The van der Waals surface area contributed by atoms with Crippen LogP contribution in [0.1, 0.15) is 35.4 Å². The quantitative estimate of drug-likeness (QED) is 0.519. The molecule has 2 aromatic carbocycles. The van der Waals surface area contributed by atoms with Gasteiger partial charge >= 0.3 is 0 Å². The Kier molecular flexibility index (Phi) is 8.07. The summed E-state index contributed by atoms with van der Waals surface area (Å²) in [6.07, 6.45) is 1.50. The van der Waals surface area contributed by atoms with E-state index in [0.717, 1.165) is 31.6 Å². The number of methoxy groups -OCH3 is 1. The molecule has 0 amide bonds. The molecule has 2 heterocycles. The first-order valence-corrected chi connectivity index (χ1v) is 11.3. The fourth-order valence-corrected chi connectivity index (χ4v) is 4.28. The molecular weight excluding hydrogens is 404 g/mol. The van der Waals surface area contributed by atoms with Crippen molar-refractivity contribution in [3.63, 3.8) is 0 Å². The van der Waals surface area contributed by atoms with E-state index in [-0.39, 0.29) is 12.2 Å². The van der Waals surface area contributed by atoms with Gasteiger partial charge in [-0.2, -0.15) is 0 Å². The van der Waals surface area contributed by atoms with Crippen LogP contribution in [-0.2, 0) is 35.6 Å². The zero-order valence-corrected chi connectivity index (χ0v) is 18.6. The van der Waals surface area contributed by atoms with Gasteiger partial charge in [-0.1, -0.05) is 65.8 Å². The van der Waals surface area contributed by atoms with E-state index < -0.39 is 6.10 Å². The molecule has 3 unspecified atom stereocenters. The van der Waals surface area contributed by atoms with Crippen molar-refractivity contribution in [2.24, 2.45) is 0 Å². The molecule has 0 bridgehead atoms. The second kappa shape index (κ2) is 11.4. The Balaban J connectivity index is 1.41. The number of ether oxygens (including phenoxy) is 2. The van der Waals surface area contributed by atoms with Gasteiger partial charge in [0.2, 0.25) is 0 Å². The predicted octanol–water partition coefficient (Wildman–Crippen LogP) is 3.97. The third kappa shape index (κ3) is 6.50. The SMILES string of the molecule is COCc1cc(CC2CCC(O)C(CN(Cc3ccccc3)Cc3ccccc3)O2)no1. The lowest BCUT2D eigenvalue weighted by Gasteiger charge is -2.37. The number of aliphatic hydroxyl groups excluding tert-OH is 1. The first-order valence-electron chi connectivity index (χ1n) is 11.3. The Labute approximate surface area is 189 Å². The third-order valence-corrected chi connectivity index (χ3v) is 5.85. The van der Waals surface area contributed by atoms with Crippen LogP contribution in [-0.4, -0.2) is 47.1 Å². The molecule has 1 N–H and O–H groups in total. The lowest BCUT2D eigenvalue weighted by Crippen LogP contribution is -2.46. The summed E-state index contributed by atoms with van der Waals surface area (Å²) in [5.74, 6) is 0.715. The van der Waals surface area contributed by atoms with E-state index in [1.807, 2.05) is 18.2 Å². The Hall–Kier alpha value is -2.51. The Morgan fingerprint density at radius 2 is 1.66 bits per heavy atom. The van der Waals surface area contributed by atoms with E-state index in [2.05, 4.69) is 58.6 Å². The average Bonchev–Trinajstić information content (AvgIpc) is 3.24. The van der Waals surface area contributed by atoms with Crippen molar-refractivity contribution in [3.8, 4) is 0 Å². The summed E-state index contributed by atoms with van der Waals surface area (Å²) in [5.41, 5.74) is 3.36. The van der Waals surface area contributed by atoms with E-state index in [0.29, 0.717) is 25.3 Å². The van der Waals surface area contributed by atoms with Gasteiger partial charge in [0.1, 0.15) is 6.61 Å². The molecule has 3 atom stereocenters.